The molecule has 0 N–H and O–H groups in total. The first-order chi connectivity index (χ1) is 9.84. The van der Waals surface area contributed by atoms with E-state index in [4.69, 9.17) is 4.74 Å². The molecule has 0 saturated heterocycles. The van der Waals surface area contributed by atoms with Gasteiger partial charge in [-0.25, -0.2) is 0 Å². The molecule has 0 aliphatic rings. The molecule has 0 saturated carbocycles. The molecule has 0 heterocycles. The normalized spacial score (nSPS) is 13.3. The molecule has 0 aromatic heterocycles. The molecule has 1 aromatic carbocycles. The van der Waals surface area contributed by atoms with Crippen LogP contribution in [0.15, 0.2) is 18.2 Å². The van der Waals surface area contributed by atoms with Crippen molar-refractivity contribution in [3.05, 3.63) is 23.8 Å². The van der Waals surface area contributed by atoms with Gasteiger partial charge in [0.25, 0.3) is 0 Å². The maximum absolute atomic E-state index is 12.7. The Hall–Kier alpha value is -1.48. The van der Waals surface area contributed by atoms with E-state index in [2.05, 4.69) is 0 Å². The number of ether oxygens (including phenoxy) is 1. The lowest BCUT2D eigenvalue weighted by Gasteiger charge is -2.20. The molecule has 0 atom stereocenters. The zero-order chi connectivity index (χ0) is 17.2. The van der Waals surface area contributed by atoms with Gasteiger partial charge in [0.2, 0.25) is 0 Å². The summed E-state index contributed by atoms with van der Waals surface area (Å²) in [5.74, 6) is -5.50. The average Bonchev–Trinajstić information content (AvgIpc) is 2.33. The number of hydrogen-bond acceptors (Lipinski definition) is 1. The van der Waals surface area contributed by atoms with Gasteiger partial charge >= 0.3 is 18.3 Å². The number of hydrogen-bond donors (Lipinski definition) is 0. The van der Waals surface area contributed by atoms with Gasteiger partial charge in [0, 0.05) is 6.42 Å². The van der Waals surface area contributed by atoms with Crippen molar-refractivity contribution in [2.75, 3.05) is 6.61 Å². The van der Waals surface area contributed by atoms with Gasteiger partial charge in [0.05, 0.1) is 12.2 Å². The van der Waals surface area contributed by atoms with Crippen molar-refractivity contribution in [2.45, 2.75) is 31.1 Å². The molecule has 22 heavy (non-hydrogen) atoms. The third kappa shape index (κ3) is 4.77. The quantitative estimate of drug-likeness (QED) is 0.456. The van der Waals surface area contributed by atoms with E-state index >= 15 is 0 Å². The van der Waals surface area contributed by atoms with Crippen LogP contribution >= 0.6 is 0 Å². The lowest BCUT2D eigenvalue weighted by molar-refractivity contribution is -0.284. The molecule has 0 unspecified atom stereocenters. The second-order valence-electron chi connectivity index (χ2n) is 4.65. The first-order valence-corrected chi connectivity index (χ1v) is 6.10. The smallest absolute Gasteiger partial charge is 0.453 e. The third-order valence-electron chi connectivity index (χ3n) is 2.75. The van der Waals surface area contributed by atoms with E-state index in [-0.39, 0.29) is 0 Å². The molecule has 124 valence electrons. The highest BCUT2D eigenvalue weighted by Crippen LogP contribution is 2.39. The number of benzene rings is 1. The maximum Gasteiger partial charge on any atom is 0.453 e. The van der Waals surface area contributed by atoms with Crippen molar-refractivity contribution in [2.24, 2.45) is 0 Å². The number of rotatable bonds is 5. The van der Waals surface area contributed by atoms with E-state index < -0.39 is 49.0 Å². The Morgan fingerprint density at radius 1 is 0.955 bits per heavy atom. The van der Waals surface area contributed by atoms with Crippen LogP contribution in [0.3, 0.4) is 0 Å². The molecule has 1 nitrogen and oxygen atoms in total. The molecule has 0 aliphatic carbocycles. The van der Waals surface area contributed by atoms with Crippen LogP contribution in [0.1, 0.15) is 18.4 Å². The van der Waals surface area contributed by atoms with E-state index in [1.165, 1.54) is 13.9 Å². The zero-order valence-corrected chi connectivity index (χ0v) is 11.3. The number of halogens is 8. The highest BCUT2D eigenvalue weighted by Gasteiger charge is 2.56. The lowest BCUT2D eigenvalue weighted by Crippen LogP contribution is -2.36. The Morgan fingerprint density at radius 2 is 1.55 bits per heavy atom. The van der Waals surface area contributed by atoms with Crippen LogP contribution in [-0.4, -0.2) is 26.6 Å². The summed E-state index contributed by atoms with van der Waals surface area (Å²) in [6, 6.07) is 3.12. The van der Waals surface area contributed by atoms with Gasteiger partial charge in [-0.2, -0.15) is 35.1 Å². The molecule has 0 spiro atoms. The molecule has 0 aliphatic heterocycles. The molecular weight excluding hydrogens is 323 g/mol. The summed E-state index contributed by atoms with van der Waals surface area (Å²) in [5, 5.41) is 0. The molecule has 0 fully saturated rings. The minimum Gasteiger partial charge on any atom is -0.493 e. The molecule has 0 bridgehead atoms. The highest BCUT2D eigenvalue weighted by atomic mass is 19.4. The van der Waals surface area contributed by atoms with Gasteiger partial charge in [-0.05, 0) is 12.5 Å². The fourth-order valence-corrected chi connectivity index (χ4v) is 1.61. The van der Waals surface area contributed by atoms with E-state index in [9.17, 15) is 35.1 Å². The summed E-state index contributed by atoms with van der Waals surface area (Å²) in [5.41, 5.74) is -0.793. The van der Waals surface area contributed by atoms with E-state index in [1.54, 1.807) is 0 Å². The SMILES string of the molecule is Bc1ccc(OCCCC(F)(F)C(F)(F)F)c(C(F)(F)F)c1. The summed E-state index contributed by atoms with van der Waals surface area (Å²) in [6.45, 7) is -0.683. The second-order valence-corrected chi connectivity index (χ2v) is 4.65. The first-order valence-electron chi connectivity index (χ1n) is 6.10. The molecule has 1 aromatic rings. The van der Waals surface area contributed by atoms with Gasteiger partial charge in [0.1, 0.15) is 13.6 Å². The first kappa shape index (κ1) is 18.6. The van der Waals surface area contributed by atoms with Crippen LogP contribution in [0.2, 0.25) is 0 Å². The molecule has 0 radical (unpaired) electrons. The second kappa shape index (κ2) is 6.33. The van der Waals surface area contributed by atoms with Crippen LogP contribution in [0.4, 0.5) is 35.1 Å². The van der Waals surface area contributed by atoms with Crippen LogP contribution in [0, 0.1) is 0 Å². The summed E-state index contributed by atoms with van der Waals surface area (Å²) in [4.78, 5) is 0. The molecule has 1 rings (SSSR count). The summed E-state index contributed by atoms with van der Waals surface area (Å²) >= 11 is 0. The minimum absolute atomic E-state index is 0.309. The van der Waals surface area contributed by atoms with Crippen LogP contribution in [0.5, 0.6) is 5.75 Å². The Labute approximate surface area is 121 Å². The molecular formula is C12H11BF8O. The third-order valence-corrected chi connectivity index (χ3v) is 2.75. The Balaban J connectivity index is 2.67. The summed E-state index contributed by atoms with van der Waals surface area (Å²) in [6.07, 6.45) is -12.7. The summed E-state index contributed by atoms with van der Waals surface area (Å²) in [7, 11) is 1.42. The van der Waals surface area contributed by atoms with E-state index in [1.807, 2.05) is 0 Å². The Bertz CT molecular complexity index is 509. The van der Waals surface area contributed by atoms with Gasteiger partial charge in [-0.15, -0.1) is 0 Å². The van der Waals surface area contributed by atoms with Crippen LogP contribution in [0.25, 0.3) is 0 Å². The van der Waals surface area contributed by atoms with Crippen molar-refractivity contribution < 1.29 is 39.9 Å². The Kier molecular flexibility index (Phi) is 5.35. The van der Waals surface area contributed by atoms with Crippen molar-refractivity contribution in [3.63, 3.8) is 0 Å². The molecule has 0 amide bonds. The topological polar surface area (TPSA) is 9.23 Å². The van der Waals surface area contributed by atoms with Gasteiger partial charge in [-0.3, -0.25) is 0 Å². The highest BCUT2D eigenvalue weighted by molar-refractivity contribution is 6.32. The van der Waals surface area contributed by atoms with Crippen molar-refractivity contribution in [1.82, 2.24) is 0 Å². The van der Waals surface area contributed by atoms with Crippen LogP contribution < -0.4 is 10.2 Å². The fourth-order valence-electron chi connectivity index (χ4n) is 1.61. The van der Waals surface area contributed by atoms with Crippen molar-refractivity contribution in [3.8, 4) is 5.75 Å². The zero-order valence-electron chi connectivity index (χ0n) is 11.3. The minimum atomic E-state index is -5.69. The fraction of sp³-hybridized carbons (Fsp3) is 0.500. The van der Waals surface area contributed by atoms with Crippen molar-refractivity contribution >= 4 is 13.3 Å². The van der Waals surface area contributed by atoms with E-state index in [0.717, 1.165) is 12.1 Å². The predicted molar refractivity (Wildman–Crippen MR) is 65.4 cm³/mol. The standard InChI is InChI=1S/C12H11BF8O/c13-7-2-3-9(8(6-7)11(16,17)18)22-5-1-4-10(14,15)12(19,20)21/h2-3,6H,1,4-5,13H2. The predicted octanol–water partition coefficient (Wildman–Crippen LogP) is 3.32. The van der Waals surface area contributed by atoms with Gasteiger partial charge in [0.15, 0.2) is 0 Å². The monoisotopic (exact) mass is 334 g/mol. The Morgan fingerprint density at radius 3 is 2.05 bits per heavy atom. The number of alkyl halides is 8. The van der Waals surface area contributed by atoms with Crippen LogP contribution in [-0.2, 0) is 6.18 Å². The van der Waals surface area contributed by atoms with Gasteiger partial charge < -0.3 is 4.74 Å². The van der Waals surface area contributed by atoms with Crippen molar-refractivity contribution in [1.29, 1.82) is 0 Å². The maximum atomic E-state index is 12.7. The van der Waals surface area contributed by atoms with Gasteiger partial charge in [-0.1, -0.05) is 17.6 Å². The lowest BCUT2D eigenvalue weighted by atomic mass is 9.94. The summed E-state index contributed by atoms with van der Waals surface area (Å²) < 4.78 is 104. The average molecular weight is 334 g/mol. The molecule has 10 heteroatoms. The van der Waals surface area contributed by atoms with E-state index in [0.29, 0.717) is 5.46 Å². The largest absolute Gasteiger partial charge is 0.493 e.